The molecule has 0 spiro atoms. The van der Waals surface area contributed by atoms with E-state index in [4.69, 9.17) is 14.0 Å². The molecule has 2 amide bonds. The fourth-order valence-corrected chi connectivity index (χ4v) is 2.56. The summed E-state index contributed by atoms with van der Waals surface area (Å²) in [5.74, 6) is 2.46. The molecule has 0 saturated heterocycles. The summed E-state index contributed by atoms with van der Waals surface area (Å²) >= 11 is 0. The van der Waals surface area contributed by atoms with Crippen molar-refractivity contribution in [1.29, 1.82) is 0 Å². The zero-order valence-electron chi connectivity index (χ0n) is 12.7. The van der Waals surface area contributed by atoms with Crippen LogP contribution >= 0.6 is 0 Å². The number of aromatic nitrogens is 1. The number of hydrogen-bond acceptors (Lipinski definition) is 5. The van der Waals surface area contributed by atoms with Crippen LogP contribution in [-0.2, 0) is 0 Å². The standard InChI is InChI=1S/C16H17N3O4/c1-9-14(15(23-19-9)10-2-3-10)18-16(20)17-11-4-5-12-13(8-11)22-7-6-21-12/h4-5,8,10H,2-3,6-7H2,1H3,(H2,17,18,20). The van der Waals surface area contributed by atoms with Gasteiger partial charge in [-0.2, -0.15) is 0 Å². The van der Waals surface area contributed by atoms with E-state index in [0.29, 0.717) is 47.7 Å². The van der Waals surface area contributed by atoms with Gasteiger partial charge in [0.2, 0.25) is 0 Å². The number of aryl methyl sites for hydroxylation is 1. The van der Waals surface area contributed by atoms with Crippen molar-refractivity contribution in [3.05, 3.63) is 29.7 Å². The van der Waals surface area contributed by atoms with E-state index in [1.807, 2.05) is 6.92 Å². The van der Waals surface area contributed by atoms with E-state index in [-0.39, 0.29) is 6.03 Å². The zero-order valence-corrected chi connectivity index (χ0v) is 12.7. The Morgan fingerprint density at radius 3 is 2.74 bits per heavy atom. The summed E-state index contributed by atoms with van der Waals surface area (Å²) in [4.78, 5) is 12.2. The maximum atomic E-state index is 12.2. The number of nitrogens with one attached hydrogen (secondary N) is 2. The summed E-state index contributed by atoms with van der Waals surface area (Å²) in [6, 6.07) is 4.96. The Bertz CT molecular complexity index is 752. The number of ether oxygens (including phenoxy) is 2. The predicted octanol–water partition coefficient (Wildman–Crippen LogP) is 3.28. The van der Waals surface area contributed by atoms with Crippen LogP contribution in [0.5, 0.6) is 11.5 Å². The Morgan fingerprint density at radius 2 is 1.96 bits per heavy atom. The topological polar surface area (TPSA) is 85.6 Å². The Kier molecular flexibility index (Phi) is 3.33. The van der Waals surface area contributed by atoms with Crippen LogP contribution in [0.25, 0.3) is 0 Å². The average Bonchev–Trinajstić information content (AvgIpc) is 3.33. The van der Waals surface area contributed by atoms with Crippen molar-refractivity contribution in [3.63, 3.8) is 0 Å². The summed E-state index contributed by atoms with van der Waals surface area (Å²) in [5, 5.41) is 9.56. The maximum absolute atomic E-state index is 12.2. The second kappa shape index (κ2) is 5.49. The van der Waals surface area contributed by atoms with E-state index in [1.165, 1.54) is 0 Å². The Hall–Kier alpha value is -2.70. The molecule has 0 bridgehead atoms. The molecule has 0 unspecified atom stereocenters. The van der Waals surface area contributed by atoms with Gasteiger partial charge in [-0.25, -0.2) is 4.79 Å². The van der Waals surface area contributed by atoms with Crippen molar-refractivity contribution in [2.75, 3.05) is 23.8 Å². The number of anilines is 2. The molecule has 7 heteroatoms. The van der Waals surface area contributed by atoms with Gasteiger partial charge in [0.05, 0.1) is 0 Å². The number of fused-ring (bicyclic) bond motifs is 1. The molecule has 1 aromatic heterocycles. The molecule has 2 heterocycles. The number of carbonyl (C=O) groups excluding carboxylic acids is 1. The molecule has 0 radical (unpaired) electrons. The number of benzene rings is 1. The molecule has 4 rings (SSSR count). The monoisotopic (exact) mass is 315 g/mol. The number of carbonyl (C=O) groups is 1. The lowest BCUT2D eigenvalue weighted by molar-refractivity contribution is 0.171. The van der Waals surface area contributed by atoms with Crippen molar-refractivity contribution >= 4 is 17.4 Å². The van der Waals surface area contributed by atoms with E-state index in [1.54, 1.807) is 18.2 Å². The summed E-state index contributed by atoms with van der Waals surface area (Å²) in [6.45, 7) is 2.86. The molecular weight excluding hydrogens is 298 g/mol. The SMILES string of the molecule is Cc1noc(C2CC2)c1NC(=O)Nc1ccc2c(c1)OCCO2. The minimum Gasteiger partial charge on any atom is -0.486 e. The summed E-state index contributed by atoms with van der Waals surface area (Å²) in [5.41, 5.74) is 1.99. The third-order valence-corrected chi connectivity index (χ3v) is 3.88. The number of urea groups is 1. The van der Waals surface area contributed by atoms with E-state index in [0.717, 1.165) is 18.6 Å². The number of nitrogens with zero attached hydrogens (tertiary/aromatic N) is 1. The van der Waals surface area contributed by atoms with E-state index in [9.17, 15) is 4.79 Å². The van der Waals surface area contributed by atoms with E-state index >= 15 is 0 Å². The highest BCUT2D eigenvalue weighted by molar-refractivity contribution is 6.00. The lowest BCUT2D eigenvalue weighted by Gasteiger charge is -2.19. The minimum atomic E-state index is -0.338. The fraction of sp³-hybridized carbons (Fsp3) is 0.375. The van der Waals surface area contributed by atoms with Crippen LogP contribution in [0.15, 0.2) is 22.7 Å². The van der Waals surface area contributed by atoms with Crippen LogP contribution in [0, 0.1) is 6.92 Å². The maximum Gasteiger partial charge on any atom is 0.323 e. The number of hydrogen-bond donors (Lipinski definition) is 2. The van der Waals surface area contributed by atoms with Gasteiger partial charge in [0.1, 0.15) is 24.6 Å². The normalized spacial score (nSPS) is 16.0. The van der Waals surface area contributed by atoms with E-state index in [2.05, 4.69) is 15.8 Å². The van der Waals surface area contributed by atoms with Crippen molar-refractivity contribution in [2.24, 2.45) is 0 Å². The highest BCUT2D eigenvalue weighted by atomic mass is 16.6. The highest BCUT2D eigenvalue weighted by Gasteiger charge is 2.32. The highest BCUT2D eigenvalue weighted by Crippen LogP contribution is 2.44. The quantitative estimate of drug-likeness (QED) is 0.908. The molecule has 0 atom stereocenters. The average molecular weight is 315 g/mol. The van der Waals surface area contributed by atoms with Gasteiger partial charge in [0, 0.05) is 17.7 Å². The fourth-order valence-electron chi connectivity index (χ4n) is 2.56. The molecule has 2 aliphatic rings. The molecule has 2 aromatic rings. The molecule has 1 aromatic carbocycles. The van der Waals surface area contributed by atoms with Gasteiger partial charge in [0.25, 0.3) is 0 Å². The lowest BCUT2D eigenvalue weighted by atomic mass is 10.2. The molecule has 23 heavy (non-hydrogen) atoms. The molecular formula is C16H17N3O4. The molecule has 2 N–H and O–H groups in total. The van der Waals surface area contributed by atoms with Gasteiger partial charge in [-0.05, 0) is 31.9 Å². The molecule has 1 aliphatic carbocycles. The molecule has 1 aliphatic heterocycles. The van der Waals surface area contributed by atoms with Gasteiger partial charge in [-0.15, -0.1) is 0 Å². The van der Waals surface area contributed by atoms with Crippen LogP contribution in [0.3, 0.4) is 0 Å². The van der Waals surface area contributed by atoms with Crippen LogP contribution < -0.4 is 20.1 Å². The lowest BCUT2D eigenvalue weighted by Crippen LogP contribution is -2.21. The van der Waals surface area contributed by atoms with Gasteiger partial charge in [0.15, 0.2) is 17.3 Å². The molecule has 7 nitrogen and oxygen atoms in total. The molecule has 1 fully saturated rings. The summed E-state index contributed by atoms with van der Waals surface area (Å²) in [7, 11) is 0. The van der Waals surface area contributed by atoms with E-state index < -0.39 is 0 Å². The van der Waals surface area contributed by atoms with Crippen molar-refractivity contribution < 1.29 is 18.8 Å². The number of amides is 2. The van der Waals surface area contributed by atoms with Gasteiger partial charge >= 0.3 is 6.03 Å². The Balaban J connectivity index is 1.47. The summed E-state index contributed by atoms with van der Waals surface area (Å²) in [6.07, 6.45) is 2.15. The van der Waals surface area contributed by atoms with Crippen LogP contribution in [0.4, 0.5) is 16.2 Å². The Morgan fingerprint density at radius 1 is 1.17 bits per heavy atom. The van der Waals surface area contributed by atoms with Crippen LogP contribution in [0.2, 0.25) is 0 Å². The predicted molar refractivity (Wildman–Crippen MR) is 83.3 cm³/mol. The molecule has 1 saturated carbocycles. The second-order valence-electron chi connectivity index (χ2n) is 5.72. The first-order valence-corrected chi connectivity index (χ1v) is 7.64. The Labute approximate surface area is 132 Å². The van der Waals surface area contributed by atoms with Gasteiger partial charge in [-0.1, -0.05) is 5.16 Å². The smallest absolute Gasteiger partial charge is 0.323 e. The van der Waals surface area contributed by atoms with Crippen molar-refractivity contribution in [2.45, 2.75) is 25.7 Å². The van der Waals surface area contributed by atoms with Gasteiger partial charge in [-0.3, -0.25) is 0 Å². The van der Waals surface area contributed by atoms with Gasteiger partial charge < -0.3 is 24.6 Å². The minimum absolute atomic E-state index is 0.338. The van der Waals surface area contributed by atoms with Crippen LogP contribution in [-0.4, -0.2) is 24.4 Å². The summed E-state index contributed by atoms with van der Waals surface area (Å²) < 4.78 is 16.3. The zero-order chi connectivity index (χ0) is 15.8. The molecule has 120 valence electrons. The number of rotatable bonds is 3. The first-order valence-electron chi connectivity index (χ1n) is 7.64. The van der Waals surface area contributed by atoms with Crippen LogP contribution in [0.1, 0.15) is 30.2 Å². The van der Waals surface area contributed by atoms with Crippen molar-refractivity contribution in [3.8, 4) is 11.5 Å². The third kappa shape index (κ3) is 2.81. The van der Waals surface area contributed by atoms with Crippen molar-refractivity contribution in [1.82, 2.24) is 5.16 Å². The third-order valence-electron chi connectivity index (χ3n) is 3.88. The largest absolute Gasteiger partial charge is 0.486 e. The first-order chi connectivity index (χ1) is 11.2. The second-order valence-corrected chi connectivity index (χ2v) is 5.72. The first kappa shape index (κ1) is 13.9.